The van der Waals surface area contributed by atoms with Gasteiger partial charge in [-0.15, -0.1) is 0 Å². The Bertz CT molecular complexity index is 1910. The highest BCUT2D eigenvalue weighted by Gasteiger charge is 2.68. The van der Waals surface area contributed by atoms with Gasteiger partial charge in [0.1, 0.15) is 11.6 Å². The van der Waals surface area contributed by atoms with Gasteiger partial charge in [0.15, 0.2) is 0 Å². The van der Waals surface area contributed by atoms with E-state index in [1.165, 1.54) is 23.1 Å². The number of hydrogen-bond donors (Lipinski definition) is 1. The van der Waals surface area contributed by atoms with E-state index in [9.17, 15) is 28.7 Å². The minimum atomic E-state index is -1.34. The molecule has 4 amide bonds. The largest absolute Gasteiger partial charge is 0.508 e. The Labute approximate surface area is 281 Å². The first-order chi connectivity index (χ1) is 23.1. The summed E-state index contributed by atoms with van der Waals surface area (Å²) in [5.41, 5.74) is 1.51. The Morgan fingerprint density at radius 1 is 0.854 bits per heavy atom. The fourth-order valence-corrected chi connectivity index (χ4v) is 9.02. The zero-order valence-corrected chi connectivity index (χ0v) is 26.9. The quantitative estimate of drug-likeness (QED) is 0.291. The van der Waals surface area contributed by atoms with Crippen molar-refractivity contribution in [2.45, 2.75) is 25.7 Å². The molecule has 1 saturated carbocycles. The van der Waals surface area contributed by atoms with Gasteiger partial charge in [-0.2, -0.15) is 0 Å². The van der Waals surface area contributed by atoms with Crippen LogP contribution in [0.25, 0.3) is 0 Å². The first-order valence-electron chi connectivity index (χ1n) is 16.2. The van der Waals surface area contributed by atoms with Crippen molar-refractivity contribution in [3.8, 4) is 5.75 Å². The zero-order valence-electron chi connectivity index (χ0n) is 26.1. The van der Waals surface area contributed by atoms with Gasteiger partial charge in [-0.1, -0.05) is 41.4 Å². The summed E-state index contributed by atoms with van der Waals surface area (Å²) in [6.07, 6.45) is 2.38. The Morgan fingerprint density at radius 3 is 2.25 bits per heavy atom. The summed E-state index contributed by atoms with van der Waals surface area (Å²) in [5, 5.41) is 10.9. The standard InChI is InChI=1S/C37H33ClFN3O6/c1-37-27(34(45)42(36(37)47)22-10-13-29(39)28(38)18-22)19-26-23(32(37)24-4-2-3-5-30(24)43)11-12-25-31(26)35(46)41(33(25)44)21-8-6-20(7-9-21)40-14-16-48-17-15-40/h2-11,13,18,25-27,31-32,43H,12,14-17,19H2,1H3/t25-,26+,27-,31-,32+,37+/m0/s1. The number of aromatic hydroxyl groups is 1. The second-order valence-electron chi connectivity index (χ2n) is 13.4. The number of carbonyl (C=O) groups is 4. The Kier molecular flexibility index (Phi) is 7.23. The van der Waals surface area contributed by atoms with Crippen LogP contribution in [0.4, 0.5) is 21.5 Å². The average molecular weight is 670 g/mol. The molecular formula is C37H33ClFN3O6. The molecule has 4 fully saturated rings. The molecule has 0 spiro atoms. The number of allylic oxidation sites excluding steroid dienone is 2. The number of imide groups is 2. The first kappa shape index (κ1) is 30.8. The molecule has 246 valence electrons. The van der Waals surface area contributed by atoms with Crippen LogP contribution in [0.5, 0.6) is 5.75 Å². The number of benzene rings is 3. The van der Waals surface area contributed by atoms with Gasteiger partial charge in [0.25, 0.3) is 0 Å². The molecule has 0 radical (unpaired) electrons. The summed E-state index contributed by atoms with van der Waals surface area (Å²) in [5.74, 6) is -5.87. The molecule has 0 unspecified atom stereocenters. The number of nitrogens with zero attached hydrogens (tertiary/aromatic N) is 3. The van der Waals surface area contributed by atoms with Crippen LogP contribution in [0.15, 0.2) is 78.4 Å². The highest BCUT2D eigenvalue weighted by molar-refractivity contribution is 6.32. The number of halogens is 2. The number of ether oxygens (including phenoxy) is 1. The van der Waals surface area contributed by atoms with Crippen molar-refractivity contribution < 1.29 is 33.4 Å². The predicted octanol–water partition coefficient (Wildman–Crippen LogP) is 5.46. The van der Waals surface area contributed by atoms with Crippen molar-refractivity contribution in [2.75, 3.05) is 41.0 Å². The van der Waals surface area contributed by atoms with E-state index in [-0.39, 0.29) is 41.1 Å². The fraction of sp³-hybridized carbons (Fsp3) is 0.351. The third-order valence-corrected chi connectivity index (χ3v) is 11.5. The molecule has 48 heavy (non-hydrogen) atoms. The smallest absolute Gasteiger partial charge is 0.241 e. The van der Waals surface area contributed by atoms with Gasteiger partial charge in [0.2, 0.25) is 23.6 Å². The second kappa shape index (κ2) is 11.3. The summed E-state index contributed by atoms with van der Waals surface area (Å²) in [6.45, 7) is 4.51. The van der Waals surface area contributed by atoms with Crippen molar-refractivity contribution in [1.82, 2.24) is 0 Å². The maximum absolute atomic E-state index is 14.5. The molecule has 1 N–H and O–H groups in total. The summed E-state index contributed by atoms with van der Waals surface area (Å²) in [4.78, 5) is 61.6. The molecular weight excluding hydrogens is 637 g/mol. The van der Waals surface area contributed by atoms with Crippen LogP contribution in [-0.2, 0) is 23.9 Å². The monoisotopic (exact) mass is 669 g/mol. The zero-order chi connectivity index (χ0) is 33.5. The van der Waals surface area contributed by atoms with Crippen LogP contribution in [-0.4, -0.2) is 55.0 Å². The van der Waals surface area contributed by atoms with Crippen molar-refractivity contribution in [3.05, 3.63) is 94.8 Å². The maximum Gasteiger partial charge on any atom is 0.241 e. The van der Waals surface area contributed by atoms with Gasteiger partial charge >= 0.3 is 0 Å². The minimum Gasteiger partial charge on any atom is -0.508 e. The lowest BCUT2D eigenvalue weighted by Gasteiger charge is -2.49. The molecule has 3 aliphatic heterocycles. The molecule has 3 aromatic rings. The SMILES string of the molecule is C[C@@]12C(=O)N(c3ccc(F)c(Cl)c3)C(=O)[C@@H]1C[C@@H]1C(=CC[C@@H]3C(=O)N(c4ccc(N5CCOCC5)cc4)C(=O)[C@@H]31)[C@@H]2c1ccccc1O. The molecule has 3 aromatic carbocycles. The van der Waals surface area contributed by atoms with Gasteiger partial charge < -0.3 is 14.7 Å². The number of rotatable bonds is 4. The van der Waals surface area contributed by atoms with Gasteiger partial charge in [-0.05, 0) is 74.2 Å². The van der Waals surface area contributed by atoms with Crippen LogP contribution < -0.4 is 14.7 Å². The molecule has 5 aliphatic rings. The van der Waals surface area contributed by atoms with E-state index in [1.807, 2.05) is 18.2 Å². The molecule has 3 saturated heterocycles. The molecule has 2 aliphatic carbocycles. The van der Waals surface area contributed by atoms with E-state index in [1.54, 1.807) is 37.3 Å². The molecule has 8 rings (SSSR count). The predicted molar refractivity (Wildman–Crippen MR) is 176 cm³/mol. The lowest BCUT2D eigenvalue weighted by molar-refractivity contribution is -0.131. The highest BCUT2D eigenvalue weighted by Crippen LogP contribution is 2.64. The third-order valence-electron chi connectivity index (χ3n) is 11.2. The molecule has 9 nitrogen and oxygen atoms in total. The molecule has 11 heteroatoms. The van der Waals surface area contributed by atoms with E-state index < -0.39 is 52.6 Å². The van der Waals surface area contributed by atoms with Crippen molar-refractivity contribution >= 4 is 52.3 Å². The van der Waals surface area contributed by atoms with E-state index in [2.05, 4.69) is 4.90 Å². The van der Waals surface area contributed by atoms with Gasteiger partial charge in [0.05, 0.1) is 52.8 Å². The summed E-state index contributed by atoms with van der Waals surface area (Å²) in [6, 6.07) is 17.8. The van der Waals surface area contributed by atoms with E-state index in [0.29, 0.717) is 24.5 Å². The molecule has 3 heterocycles. The number of anilines is 3. The number of fused-ring (bicyclic) bond motifs is 4. The normalized spacial score (nSPS) is 29.9. The second-order valence-corrected chi connectivity index (χ2v) is 13.9. The van der Waals surface area contributed by atoms with Crippen LogP contribution in [0, 0.1) is 34.9 Å². The van der Waals surface area contributed by atoms with Crippen LogP contribution in [0.3, 0.4) is 0 Å². The average Bonchev–Trinajstić information content (AvgIpc) is 3.46. The number of phenolic OH excluding ortho intramolecular Hbond substituents is 1. The topological polar surface area (TPSA) is 107 Å². The van der Waals surface area contributed by atoms with Gasteiger partial charge in [-0.3, -0.25) is 24.1 Å². The van der Waals surface area contributed by atoms with Crippen LogP contribution in [0.2, 0.25) is 5.02 Å². The molecule has 6 atom stereocenters. The Hall–Kier alpha value is -4.54. The lowest BCUT2D eigenvalue weighted by Crippen LogP contribution is -2.48. The highest BCUT2D eigenvalue weighted by atomic mass is 35.5. The minimum absolute atomic E-state index is 0.0366. The lowest BCUT2D eigenvalue weighted by atomic mass is 9.51. The van der Waals surface area contributed by atoms with Crippen LogP contribution >= 0.6 is 11.6 Å². The maximum atomic E-state index is 14.5. The summed E-state index contributed by atoms with van der Waals surface area (Å²) >= 11 is 6.08. The van der Waals surface area contributed by atoms with E-state index in [4.69, 9.17) is 16.3 Å². The number of carbonyl (C=O) groups excluding carboxylic acids is 4. The number of phenols is 1. The number of hydrogen-bond acceptors (Lipinski definition) is 7. The van der Waals surface area contributed by atoms with E-state index in [0.717, 1.165) is 35.3 Å². The van der Waals surface area contributed by atoms with Gasteiger partial charge in [-0.25, -0.2) is 9.29 Å². The number of morpholine rings is 1. The van der Waals surface area contributed by atoms with Crippen molar-refractivity contribution in [3.63, 3.8) is 0 Å². The Balaban J connectivity index is 1.19. The third kappa shape index (κ3) is 4.38. The number of para-hydroxylation sites is 1. The van der Waals surface area contributed by atoms with Crippen molar-refractivity contribution in [2.24, 2.45) is 29.1 Å². The van der Waals surface area contributed by atoms with E-state index >= 15 is 0 Å². The van der Waals surface area contributed by atoms with Crippen LogP contribution in [0.1, 0.15) is 31.2 Å². The summed E-state index contributed by atoms with van der Waals surface area (Å²) in [7, 11) is 0. The summed E-state index contributed by atoms with van der Waals surface area (Å²) < 4.78 is 19.6. The van der Waals surface area contributed by atoms with Crippen molar-refractivity contribution in [1.29, 1.82) is 0 Å². The Morgan fingerprint density at radius 2 is 1.54 bits per heavy atom. The number of amides is 4. The molecule has 0 aromatic heterocycles. The van der Waals surface area contributed by atoms with Gasteiger partial charge in [0, 0.05) is 30.3 Å². The molecule has 0 bridgehead atoms. The first-order valence-corrected chi connectivity index (χ1v) is 16.6. The fourth-order valence-electron chi connectivity index (χ4n) is 8.85.